The van der Waals surface area contributed by atoms with Gasteiger partial charge in [-0.25, -0.2) is 4.39 Å². The lowest BCUT2D eigenvalue weighted by Crippen LogP contribution is -2.26. The van der Waals surface area contributed by atoms with E-state index in [1.165, 1.54) is 13.2 Å². The van der Waals surface area contributed by atoms with E-state index in [0.29, 0.717) is 5.56 Å². The molecular formula is C12H18FNO. The van der Waals surface area contributed by atoms with E-state index in [2.05, 4.69) is 0 Å². The first kappa shape index (κ1) is 12.0. The summed E-state index contributed by atoms with van der Waals surface area (Å²) in [6.45, 7) is 6.05. The maximum atomic E-state index is 13.4. The Morgan fingerprint density at radius 1 is 1.33 bits per heavy atom. The normalized spacial score (nSPS) is 13.7. The Labute approximate surface area is 90.2 Å². The number of rotatable bonds is 2. The second-order valence-electron chi connectivity index (χ2n) is 4.71. The van der Waals surface area contributed by atoms with Gasteiger partial charge in [-0.05, 0) is 11.5 Å². The molecule has 0 radical (unpaired) electrons. The van der Waals surface area contributed by atoms with Crippen LogP contribution in [0.1, 0.15) is 32.4 Å². The molecule has 2 N–H and O–H groups in total. The van der Waals surface area contributed by atoms with Crippen LogP contribution in [0.4, 0.5) is 4.39 Å². The predicted molar refractivity (Wildman–Crippen MR) is 59.3 cm³/mol. The minimum Gasteiger partial charge on any atom is -0.493 e. The maximum Gasteiger partial charge on any atom is 0.165 e. The molecule has 0 spiro atoms. The third-order valence-corrected chi connectivity index (χ3v) is 2.47. The van der Waals surface area contributed by atoms with Crippen LogP contribution in [-0.2, 0) is 0 Å². The van der Waals surface area contributed by atoms with Crippen molar-refractivity contribution < 1.29 is 9.13 Å². The number of ether oxygens (including phenoxy) is 1. The largest absolute Gasteiger partial charge is 0.493 e. The third kappa shape index (κ3) is 2.48. The van der Waals surface area contributed by atoms with Gasteiger partial charge >= 0.3 is 0 Å². The molecule has 3 heteroatoms. The summed E-state index contributed by atoms with van der Waals surface area (Å²) in [6.07, 6.45) is 0. The molecule has 84 valence electrons. The zero-order valence-electron chi connectivity index (χ0n) is 9.67. The number of hydrogen-bond donors (Lipinski definition) is 1. The van der Waals surface area contributed by atoms with E-state index in [4.69, 9.17) is 10.5 Å². The zero-order chi connectivity index (χ0) is 11.6. The summed E-state index contributed by atoms with van der Waals surface area (Å²) >= 11 is 0. The van der Waals surface area contributed by atoms with Gasteiger partial charge in [0.05, 0.1) is 7.11 Å². The lowest BCUT2D eigenvalue weighted by molar-refractivity contribution is 0.308. The number of methoxy groups -OCH3 is 1. The van der Waals surface area contributed by atoms with E-state index in [-0.39, 0.29) is 23.0 Å². The lowest BCUT2D eigenvalue weighted by Gasteiger charge is -2.28. The van der Waals surface area contributed by atoms with Crippen molar-refractivity contribution in [1.82, 2.24) is 0 Å². The van der Waals surface area contributed by atoms with Crippen LogP contribution in [0.15, 0.2) is 18.2 Å². The molecule has 0 unspecified atom stereocenters. The van der Waals surface area contributed by atoms with Gasteiger partial charge in [-0.2, -0.15) is 0 Å². The third-order valence-electron chi connectivity index (χ3n) is 2.47. The second kappa shape index (κ2) is 4.19. The monoisotopic (exact) mass is 211 g/mol. The fraction of sp³-hybridized carbons (Fsp3) is 0.500. The number of halogens is 1. The van der Waals surface area contributed by atoms with Crippen LogP contribution in [0.3, 0.4) is 0 Å². The van der Waals surface area contributed by atoms with E-state index in [1.807, 2.05) is 20.8 Å². The van der Waals surface area contributed by atoms with Gasteiger partial charge in [0.15, 0.2) is 11.6 Å². The maximum absolute atomic E-state index is 13.4. The minimum atomic E-state index is -0.366. The first-order valence-corrected chi connectivity index (χ1v) is 4.96. The van der Waals surface area contributed by atoms with Crippen LogP contribution in [-0.4, -0.2) is 7.11 Å². The van der Waals surface area contributed by atoms with E-state index < -0.39 is 0 Å². The molecule has 1 rings (SSSR count). The Morgan fingerprint density at radius 2 is 1.93 bits per heavy atom. The Morgan fingerprint density at radius 3 is 2.40 bits per heavy atom. The Kier molecular flexibility index (Phi) is 3.35. The molecule has 1 atom stereocenters. The highest BCUT2D eigenvalue weighted by Crippen LogP contribution is 2.36. The summed E-state index contributed by atoms with van der Waals surface area (Å²) in [6, 6.07) is 4.58. The molecule has 0 aromatic heterocycles. The summed E-state index contributed by atoms with van der Waals surface area (Å²) < 4.78 is 18.5. The molecule has 0 amide bonds. The smallest absolute Gasteiger partial charge is 0.165 e. The zero-order valence-corrected chi connectivity index (χ0v) is 9.67. The van der Waals surface area contributed by atoms with Gasteiger partial charge in [0.1, 0.15) is 0 Å². The Hall–Kier alpha value is -1.09. The standard InChI is InChI=1S/C12H18FNO/c1-12(2,3)11(14)8-6-5-7-9(13)10(8)15-4/h5-7,11H,14H2,1-4H3/t11-/m0/s1. The molecule has 0 aliphatic rings. The predicted octanol–water partition coefficient (Wildman–Crippen LogP) is 2.88. The van der Waals surface area contributed by atoms with E-state index in [9.17, 15) is 4.39 Å². The van der Waals surface area contributed by atoms with Gasteiger partial charge in [-0.15, -0.1) is 0 Å². The molecule has 0 heterocycles. The fourth-order valence-corrected chi connectivity index (χ4v) is 1.45. The topological polar surface area (TPSA) is 35.2 Å². The fourth-order valence-electron chi connectivity index (χ4n) is 1.45. The van der Waals surface area contributed by atoms with Gasteiger partial charge in [-0.1, -0.05) is 32.9 Å². The molecule has 2 nitrogen and oxygen atoms in total. The molecule has 0 aliphatic carbocycles. The molecule has 0 saturated heterocycles. The van der Waals surface area contributed by atoms with Crippen molar-refractivity contribution in [2.45, 2.75) is 26.8 Å². The van der Waals surface area contributed by atoms with E-state index >= 15 is 0 Å². The highest BCUT2D eigenvalue weighted by molar-refractivity contribution is 5.38. The van der Waals surface area contributed by atoms with Crippen molar-refractivity contribution in [3.8, 4) is 5.75 Å². The lowest BCUT2D eigenvalue weighted by atomic mass is 9.82. The summed E-state index contributed by atoms with van der Waals surface area (Å²) in [5.74, 6) is -0.116. The Bertz CT molecular complexity index is 344. The van der Waals surface area contributed by atoms with Crippen molar-refractivity contribution in [3.05, 3.63) is 29.6 Å². The first-order valence-electron chi connectivity index (χ1n) is 4.96. The molecule has 15 heavy (non-hydrogen) atoms. The molecule has 1 aromatic rings. The van der Waals surface area contributed by atoms with Crippen molar-refractivity contribution in [3.63, 3.8) is 0 Å². The van der Waals surface area contributed by atoms with Crippen LogP contribution in [0.25, 0.3) is 0 Å². The van der Waals surface area contributed by atoms with E-state index in [1.54, 1.807) is 12.1 Å². The summed E-state index contributed by atoms with van der Waals surface area (Å²) in [7, 11) is 1.46. The highest BCUT2D eigenvalue weighted by atomic mass is 19.1. The molecule has 0 bridgehead atoms. The molecule has 1 aromatic carbocycles. The van der Waals surface area contributed by atoms with Crippen LogP contribution in [0, 0.1) is 11.2 Å². The highest BCUT2D eigenvalue weighted by Gasteiger charge is 2.26. The SMILES string of the molecule is COc1c(F)cccc1[C@H](N)C(C)(C)C. The van der Waals surface area contributed by atoms with Crippen molar-refractivity contribution in [1.29, 1.82) is 0 Å². The van der Waals surface area contributed by atoms with Crippen LogP contribution in [0.2, 0.25) is 0 Å². The van der Waals surface area contributed by atoms with Crippen LogP contribution >= 0.6 is 0 Å². The number of nitrogens with two attached hydrogens (primary N) is 1. The number of para-hydroxylation sites is 1. The number of hydrogen-bond acceptors (Lipinski definition) is 2. The van der Waals surface area contributed by atoms with Crippen molar-refractivity contribution >= 4 is 0 Å². The van der Waals surface area contributed by atoms with Gasteiger partial charge in [-0.3, -0.25) is 0 Å². The molecule has 0 saturated carbocycles. The van der Waals surface area contributed by atoms with E-state index in [0.717, 1.165) is 0 Å². The van der Waals surface area contributed by atoms with Crippen molar-refractivity contribution in [2.75, 3.05) is 7.11 Å². The van der Waals surface area contributed by atoms with Gasteiger partial charge < -0.3 is 10.5 Å². The minimum absolute atomic E-state index is 0.124. The van der Waals surface area contributed by atoms with Crippen molar-refractivity contribution in [2.24, 2.45) is 11.1 Å². The molecule has 0 fully saturated rings. The Balaban J connectivity index is 3.20. The molecular weight excluding hydrogens is 193 g/mol. The summed E-state index contributed by atoms with van der Waals surface area (Å²) in [5, 5.41) is 0. The molecule has 0 aliphatic heterocycles. The summed E-state index contributed by atoms with van der Waals surface area (Å²) in [4.78, 5) is 0. The summed E-state index contributed by atoms with van der Waals surface area (Å²) in [5.41, 5.74) is 6.66. The average molecular weight is 211 g/mol. The van der Waals surface area contributed by atoms with Crippen LogP contribution < -0.4 is 10.5 Å². The van der Waals surface area contributed by atoms with Crippen LogP contribution in [0.5, 0.6) is 5.75 Å². The van der Waals surface area contributed by atoms with Gasteiger partial charge in [0, 0.05) is 11.6 Å². The van der Waals surface area contributed by atoms with Gasteiger partial charge in [0.2, 0.25) is 0 Å². The first-order chi connectivity index (χ1) is 6.88. The average Bonchev–Trinajstić information content (AvgIpc) is 2.14. The van der Waals surface area contributed by atoms with Gasteiger partial charge in [0.25, 0.3) is 0 Å². The second-order valence-corrected chi connectivity index (χ2v) is 4.71. The quantitative estimate of drug-likeness (QED) is 0.816. The number of benzene rings is 1.